The van der Waals surface area contributed by atoms with Crippen molar-refractivity contribution in [3.8, 4) is 0 Å². The van der Waals surface area contributed by atoms with Crippen LogP contribution >= 0.6 is 0 Å². The Balaban J connectivity index is 2.85. The molecule has 0 aliphatic rings. The largest absolute Gasteiger partial charge is 0.387 e. The van der Waals surface area contributed by atoms with Crippen molar-refractivity contribution >= 4 is 0 Å². The van der Waals surface area contributed by atoms with E-state index >= 15 is 0 Å². The van der Waals surface area contributed by atoms with Crippen molar-refractivity contribution in [2.75, 3.05) is 6.54 Å². The number of nitrogens with one attached hydrogen (secondary N) is 1. The van der Waals surface area contributed by atoms with Gasteiger partial charge in [-0.15, -0.1) is 0 Å². The van der Waals surface area contributed by atoms with Crippen LogP contribution in [-0.4, -0.2) is 17.7 Å². The fourth-order valence-electron chi connectivity index (χ4n) is 2.24. The summed E-state index contributed by atoms with van der Waals surface area (Å²) in [6, 6.07) is 6.34. The van der Waals surface area contributed by atoms with Crippen LogP contribution in [0.1, 0.15) is 50.5 Å². The summed E-state index contributed by atoms with van der Waals surface area (Å²) in [7, 11) is 0. The lowest BCUT2D eigenvalue weighted by atomic mass is 9.91. The number of aliphatic hydroxyl groups excluding tert-OH is 1. The van der Waals surface area contributed by atoms with E-state index in [1.807, 2.05) is 6.07 Å². The van der Waals surface area contributed by atoms with Crippen molar-refractivity contribution in [3.63, 3.8) is 0 Å². The molecule has 2 nitrogen and oxygen atoms in total. The zero-order valence-electron chi connectivity index (χ0n) is 13.2. The van der Waals surface area contributed by atoms with Crippen LogP contribution in [0.3, 0.4) is 0 Å². The average Bonchev–Trinajstić information content (AvgIpc) is 2.31. The second-order valence-corrected chi connectivity index (χ2v) is 6.36. The van der Waals surface area contributed by atoms with E-state index in [0.29, 0.717) is 11.8 Å². The number of aliphatic hydroxyl groups is 1. The van der Waals surface area contributed by atoms with Gasteiger partial charge in [0.25, 0.3) is 0 Å². The second-order valence-electron chi connectivity index (χ2n) is 6.36. The predicted octanol–water partition coefficient (Wildman–Crippen LogP) is 3.61. The molecule has 0 saturated heterocycles. The Kier molecular flexibility index (Phi) is 6.02. The molecule has 1 aromatic carbocycles. The van der Waals surface area contributed by atoms with Crippen molar-refractivity contribution in [3.05, 3.63) is 34.9 Å². The van der Waals surface area contributed by atoms with Crippen molar-refractivity contribution in [1.82, 2.24) is 5.32 Å². The van der Waals surface area contributed by atoms with E-state index in [1.165, 1.54) is 11.1 Å². The first-order valence-electron chi connectivity index (χ1n) is 7.31. The number of aryl methyl sites for hydroxylation is 2. The van der Waals surface area contributed by atoms with Crippen LogP contribution < -0.4 is 5.32 Å². The smallest absolute Gasteiger partial charge is 0.0945 e. The monoisotopic (exact) mass is 263 g/mol. The third-order valence-corrected chi connectivity index (χ3v) is 3.69. The third-order valence-electron chi connectivity index (χ3n) is 3.69. The summed E-state index contributed by atoms with van der Waals surface area (Å²) in [5.41, 5.74) is 3.52. The minimum absolute atomic E-state index is 0.101. The normalized spacial score (nSPS) is 15.0. The van der Waals surface area contributed by atoms with Crippen molar-refractivity contribution in [2.24, 2.45) is 11.8 Å². The molecule has 2 heteroatoms. The Labute approximate surface area is 118 Å². The van der Waals surface area contributed by atoms with Gasteiger partial charge < -0.3 is 10.4 Å². The van der Waals surface area contributed by atoms with Crippen LogP contribution in [0, 0.1) is 25.7 Å². The molecule has 0 saturated carbocycles. The third kappa shape index (κ3) is 4.63. The number of benzene rings is 1. The fraction of sp³-hybridized carbons (Fsp3) is 0.647. The van der Waals surface area contributed by atoms with E-state index in [1.54, 1.807) is 0 Å². The molecule has 2 N–H and O–H groups in total. The van der Waals surface area contributed by atoms with Gasteiger partial charge in [-0.3, -0.25) is 0 Å². The molecule has 0 bridgehead atoms. The summed E-state index contributed by atoms with van der Waals surface area (Å²) in [6.07, 6.45) is -0.446. The standard InChI is InChI=1S/C17H29NO/c1-11(2)10-18-16(12(3)4)17(19)15-8-7-13(5)14(6)9-15/h7-9,11-12,16-19H,10H2,1-6H3. The molecule has 108 valence electrons. The van der Waals surface area contributed by atoms with E-state index in [4.69, 9.17) is 0 Å². The van der Waals surface area contributed by atoms with Gasteiger partial charge in [0.15, 0.2) is 0 Å². The summed E-state index contributed by atoms with van der Waals surface area (Å²) in [6.45, 7) is 13.8. The molecule has 0 heterocycles. The summed E-state index contributed by atoms with van der Waals surface area (Å²) < 4.78 is 0. The highest BCUT2D eigenvalue weighted by Crippen LogP contribution is 2.24. The van der Waals surface area contributed by atoms with E-state index in [2.05, 4.69) is 59.0 Å². The zero-order chi connectivity index (χ0) is 14.6. The van der Waals surface area contributed by atoms with Crippen molar-refractivity contribution in [1.29, 1.82) is 0 Å². The molecule has 0 aromatic heterocycles. The summed E-state index contributed by atoms with van der Waals surface area (Å²) in [4.78, 5) is 0. The SMILES string of the molecule is Cc1ccc(C(O)C(NCC(C)C)C(C)C)cc1C. The van der Waals surface area contributed by atoms with Crippen LogP contribution in [0.2, 0.25) is 0 Å². The van der Waals surface area contributed by atoms with Gasteiger partial charge in [0.2, 0.25) is 0 Å². The van der Waals surface area contributed by atoms with Crippen LogP contribution in [0.4, 0.5) is 0 Å². The topological polar surface area (TPSA) is 32.3 Å². The van der Waals surface area contributed by atoms with Gasteiger partial charge in [0, 0.05) is 6.04 Å². The van der Waals surface area contributed by atoms with Crippen molar-refractivity contribution < 1.29 is 5.11 Å². The van der Waals surface area contributed by atoms with E-state index < -0.39 is 6.10 Å². The van der Waals surface area contributed by atoms with Crippen LogP contribution in [0.5, 0.6) is 0 Å². The fourth-order valence-corrected chi connectivity index (χ4v) is 2.24. The van der Waals surface area contributed by atoms with Gasteiger partial charge >= 0.3 is 0 Å². The molecule has 2 unspecified atom stereocenters. The first-order chi connectivity index (χ1) is 8.82. The van der Waals surface area contributed by atoms with E-state index in [9.17, 15) is 5.11 Å². The first-order valence-corrected chi connectivity index (χ1v) is 7.31. The Hall–Kier alpha value is -0.860. The molecular formula is C17H29NO. The molecule has 0 amide bonds. The van der Waals surface area contributed by atoms with Crippen LogP contribution in [0.25, 0.3) is 0 Å². The zero-order valence-corrected chi connectivity index (χ0v) is 13.2. The minimum atomic E-state index is -0.446. The predicted molar refractivity (Wildman–Crippen MR) is 82.3 cm³/mol. The molecule has 1 aromatic rings. The molecule has 0 fully saturated rings. The summed E-state index contributed by atoms with van der Waals surface area (Å²) in [5.74, 6) is 0.989. The Morgan fingerprint density at radius 3 is 2.16 bits per heavy atom. The van der Waals surface area contributed by atoms with Gasteiger partial charge in [-0.1, -0.05) is 45.9 Å². The van der Waals surface area contributed by atoms with Gasteiger partial charge in [0.05, 0.1) is 6.10 Å². The van der Waals surface area contributed by atoms with Gasteiger partial charge in [-0.2, -0.15) is 0 Å². The lowest BCUT2D eigenvalue weighted by Gasteiger charge is -2.29. The molecule has 0 aliphatic carbocycles. The molecule has 0 spiro atoms. The van der Waals surface area contributed by atoms with Crippen LogP contribution in [0.15, 0.2) is 18.2 Å². The minimum Gasteiger partial charge on any atom is -0.387 e. The summed E-state index contributed by atoms with van der Waals surface area (Å²) in [5, 5.41) is 14.1. The summed E-state index contributed by atoms with van der Waals surface area (Å²) >= 11 is 0. The molecule has 2 atom stereocenters. The number of rotatable bonds is 6. The number of hydrogen-bond donors (Lipinski definition) is 2. The molecule has 19 heavy (non-hydrogen) atoms. The average molecular weight is 263 g/mol. The maximum atomic E-state index is 10.6. The lowest BCUT2D eigenvalue weighted by Crippen LogP contribution is -2.41. The highest BCUT2D eigenvalue weighted by atomic mass is 16.3. The Bertz CT molecular complexity index is 398. The maximum absolute atomic E-state index is 10.6. The van der Waals surface area contributed by atoms with Crippen molar-refractivity contribution in [2.45, 2.75) is 53.7 Å². The highest BCUT2D eigenvalue weighted by molar-refractivity contribution is 5.31. The second kappa shape index (κ2) is 7.06. The van der Waals surface area contributed by atoms with Gasteiger partial charge in [-0.05, 0) is 48.9 Å². The van der Waals surface area contributed by atoms with Gasteiger partial charge in [-0.25, -0.2) is 0 Å². The Morgan fingerprint density at radius 1 is 1.05 bits per heavy atom. The van der Waals surface area contributed by atoms with E-state index in [-0.39, 0.29) is 6.04 Å². The molecule has 0 aliphatic heterocycles. The highest BCUT2D eigenvalue weighted by Gasteiger charge is 2.24. The first kappa shape index (κ1) is 16.2. The Morgan fingerprint density at radius 2 is 1.68 bits per heavy atom. The quantitative estimate of drug-likeness (QED) is 0.822. The number of hydrogen-bond acceptors (Lipinski definition) is 2. The maximum Gasteiger partial charge on any atom is 0.0945 e. The molecular weight excluding hydrogens is 234 g/mol. The lowest BCUT2D eigenvalue weighted by molar-refractivity contribution is 0.103. The van der Waals surface area contributed by atoms with E-state index in [0.717, 1.165) is 12.1 Å². The van der Waals surface area contributed by atoms with Crippen LogP contribution in [-0.2, 0) is 0 Å². The molecule has 1 rings (SSSR count). The van der Waals surface area contributed by atoms with Gasteiger partial charge in [0.1, 0.15) is 0 Å². The molecule has 0 radical (unpaired) electrons.